The van der Waals surface area contributed by atoms with E-state index in [-0.39, 0.29) is 23.2 Å². The highest BCUT2D eigenvalue weighted by atomic mass is 16.6. The van der Waals surface area contributed by atoms with Gasteiger partial charge < -0.3 is 10.6 Å². The summed E-state index contributed by atoms with van der Waals surface area (Å²) in [5, 5.41) is 10.9. The Morgan fingerprint density at radius 2 is 2.17 bits per heavy atom. The van der Waals surface area contributed by atoms with E-state index in [2.05, 4.69) is 0 Å². The summed E-state index contributed by atoms with van der Waals surface area (Å²) in [6, 6.07) is 5.98. The number of carbonyl (C=O) groups excluding carboxylic acids is 1. The van der Waals surface area contributed by atoms with Crippen LogP contribution in [0.4, 0.5) is 5.69 Å². The summed E-state index contributed by atoms with van der Waals surface area (Å²) in [6.07, 6.45) is 1.73. The summed E-state index contributed by atoms with van der Waals surface area (Å²) >= 11 is 0. The molecule has 0 radical (unpaired) electrons. The summed E-state index contributed by atoms with van der Waals surface area (Å²) in [7, 11) is 0. The van der Waals surface area contributed by atoms with Gasteiger partial charge in [0.05, 0.1) is 4.92 Å². The van der Waals surface area contributed by atoms with Crippen LogP contribution >= 0.6 is 0 Å². The number of carbonyl (C=O) groups is 1. The van der Waals surface area contributed by atoms with E-state index in [1.54, 1.807) is 17.0 Å². The Bertz CT molecular complexity index is 475. The molecule has 0 aromatic heterocycles. The van der Waals surface area contributed by atoms with Crippen LogP contribution in [0.25, 0.3) is 0 Å². The number of benzene rings is 1. The maximum Gasteiger partial charge on any atom is 0.282 e. The van der Waals surface area contributed by atoms with Crippen LogP contribution in [0.2, 0.25) is 0 Å². The Labute approximate surface area is 105 Å². The molecular formula is C12H15N3O3. The number of nitrogens with two attached hydrogens (primary N) is 1. The minimum absolute atomic E-state index is 0.0366. The standard InChI is InChI=1S/C12H15N3O3/c13-9-4-3-7-14(8-9)12(16)10-5-1-2-6-11(10)15(17)18/h1-2,5-6,9H,3-4,7-8,13H2/t9-/m0/s1. The molecule has 0 saturated carbocycles. The lowest BCUT2D eigenvalue weighted by molar-refractivity contribution is -0.385. The molecule has 0 aliphatic carbocycles. The van der Waals surface area contributed by atoms with Crippen LogP contribution in [0.1, 0.15) is 23.2 Å². The maximum atomic E-state index is 12.2. The number of rotatable bonds is 2. The number of nitro groups is 1. The molecule has 0 unspecified atom stereocenters. The van der Waals surface area contributed by atoms with Crippen molar-refractivity contribution in [1.82, 2.24) is 4.90 Å². The van der Waals surface area contributed by atoms with Crippen LogP contribution in [-0.2, 0) is 0 Å². The summed E-state index contributed by atoms with van der Waals surface area (Å²) in [4.78, 5) is 24.2. The van der Waals surface area contributed by atoms with Gasteiger partial charge in [-0.2, -0.15) is 0 Å². The van der Waals surface area contributed by atoms with Gasteiger partial charge in [-0.05, 0) is 18.9 Å². The van der Waals surface area contributed by atoms with Gasteiger partial charge in [0, 0.05) is 25.2 Å². The van der Waals surface area contributed by atoms with E-state index in [0.29, 0.717) is 13.1 Å². The molecule has 2 N–H and O–H groups in total. The number of nitrogens with zero attached hydrogens (tertiary/aromatic N) is 2. The first-order valence-corrected chi connectivity index (χ1v) is 5.88. The Morgan fingerprint density at radius 3 is 2.83 bits per heavy atom. The maximum absolute atomic E-state index is 12.2. The molecule has 6 nitrogen and oxygen atoms in total. The zero-order chi connectivity index (χ0) is 13.1. The number of hydrogen-bond acceptors (Lipinski definition) is 4. The third-order valence-corrected chi connectivity index (χ3v) is 3.08. The number of hydrogen-bond donors (Lipinski definition) is 1. The van der Waals surface area contributed by atoms with Gasteiger partial charge in [-0.15, -0.1) is 0 Å². The molecule has 0 bridgehead atoms. The molecule has 0 spiro atoms. The molecule has 6 heteroatoms. The van der Waals surface area contributed by atoms with Gasteiger partial charge in [-0.25, -0.2) is 0 Å². The lowest BCUT2D eigenvalue weighted by Crippen LogP contribution is -2.45. The summed E-state index contributed by atoms with van der Waals surface area (Å²) in [6.45, 7) is 1.07. The van der Waals surface area contributed by atoms with Crippen LogP contribution < -0.4 is 5.73 Å². The Balaban J connectivity index is 2.25. The molecule has 1 fully saturated rings. The fourth-order valence-corrected chi connectivity index (χ4v) is 2.18. The number of nitro benzene ring substituents is 1. The molecular weight excluding hydrogens is 234 g/mol. The average Bonchev–Trinajstić information content (AvgIpc) is 2.38. The molecule has 1 amide bonds. The quantitative estimate of drug-likeness (QED) is 0.629. The number of amides is 1. The zero-order valence-corrected chi connectivity index (χ0v) is 9.91. The van der Waals surface area contributed by atoms with Crippen molar-refractivity contribution in [1.29, 1.82) is 0 Å². The highest BCUT2D eigenvalue weighted by molar-refractivity contribution is 5.98. The molecule has 18 heavy (non-hydrogen) atoms. The monoisotopic (exact) mass is 249 g/mol. The van der Waals surface area contributed by atoms with Crippen LogP contribution in [0.15, 0.2) is 24.3 Å². The third-order valence-electron chi connectivity index (χ3n) is 3.08. The number of piperidine rings is 1. The van der Waals surface area contributed by atoms with Crippen molar-refractivity contribution in [2.75, 3.05) is 13.1 Å². The van der Waals surface area contributed by atoms with Gasteiger partial charge in [0.1, 0.15) is 5.56 Å². The summed E-state index contributed by atoms with van der Waals surface area (Å²) in [5.74, 6) is -0.308. The van der Waals surface area contributed by atoms with Gasteiger partial charge >= 0.3 is 0 Å². The lowest BCUT2D eigenvalue weighted by atomic mass is 10.0. The number of likely N-dealkylation sites (tertiary alicyclic amines) is 1. The van der Waals surface area contributed by atoms with Crippen LogP contribution in [-0.4, -0.2) is 34.9 Å². The van der Waals surface area contributed by atoms with Crippen molar-refractivity contribution < 1.29 is 9.72 Å². The first-order chi connectivity index (χ1) is 8.59. The third kappa shape index (κ3) is 2.48. The van der Waals surface area contributed by atoms with E-state index < -0.39 is 4.92 Å². The Kier molecular flexibility index (Phi) is 3.57. The van der Waals surface area contributed by atoms with E-state index in [9.17, 15) is 14.9 Å². The average molecular weight is 249 g/mol. The summed E-state index contributed by atoms with van der Waals surface area (Å²) < 4.78 is 0. The minimum Gasteiger partial charge on any atom is -0.337 e. The molecule has 1 aromatic rings. The van der Waals surface area contributed by atoms with E-state index >= 15 is 0 Å². The largest absolute Gasteiger partial charge is 0.337 e. The van der Waals surface area contributed by atoms with E-state index in [1.165, 1.54) is 12.1 Å². The molecule has 2 rings (SSSR count). The van der Waals surface area contributed by atoms with Crippen molar-refractivity contribution in [2.45, 2.75) is 18.9 Å². The van der Waals surface area contributed by atoms with Gasteiger partial charge in [0.15, 0.2) is 0 Å². The molecule has 1 atom stereocenters. The van der Waals surface area contributed by atoms with Gasteiger partial charge in [0.25, 0.3) is 11.6 Å². The van der Waals surface area contributed by atoms with Crippen molar-refractivity contribution in [2.24, 2.45) is 5.73 Å². The van der Waals surface area contributed by atoms with E-state index in [4.69, 9.17) is 5.73 Å². The zero-order valence-electron chi connectivity index (χ0n) is 9.91. The SMILES string of the molecule is N[C@H]1CCCN(C(=O)c2ccccc2[N+](=O)[O-])C1. The summed E-state index contributed by atoms with van der Waals surface area (Å²) in [5.41, 5.74) is 5.80. The van der Waals surface area contributed by atoms with Crippen molar-refractivity contribution in [3.05, 3.63) is 39.9 Å². The second-order valence-electron chi connectivity index (χ2n) is 4.43. The predicted molar refractivity (Wildman–Crippen MR) is 66.2 cm³/mol. The lowest BCUT2D eigenvalue weighted by Gasteiger charge is -2.30. The van der Waals surface area contributed by atoms with E-state index in [0.717, 1.165) is 12.8 Å². The number of para-hydroxylation sites is 1. The first kappa shape index (κ1) is 12.5. The Hall–Kier alpha value is -1.95. The van der Waals surface area contributed by atoms with Crippen molar-refractivity contribution >= 4 is 11.6 Å². The smallest absolute Gasteiger partial charge is 0.282 e. The van der Waals surface area contributed by atoms with Crippen LogP contribution in [0, 0.1) is 10.1 Å². The highest BCUT2D eigenvalue weighted by Crippen LogP contribution is 2.21. The normalized spacial score (nSPS) is 19.6. The topological polar surface area (TPSA) is 89.5 Å². The minimum atomic E-state index is -0.531. The molecule has 1 aromatic carbocycles. The second-order valence-corrected chi connectivity index (χ2v) is 4.43. The Morgan fingerprint density at radius 1 is 1.44 bits per heavy atom. The second kappa shape index (κ2) is 5.14. The first-order valence-electron chi connectivity index (χ1n) is 5.88. The molecule has 1 heterocycles. The van der Waals surface area contributed by atoms with Crippen LogP contribution in [0.3, 0.4) is 0 Å². The molecule has 1 saturated heterocycles. The van der Waals surface area contributed by atoms with Gasteiger partial charge in [0.2, 0.25) is 0 Å². The van der Waals surface area contributed by atoms with Gasteiger partial charge in [-0.1, -0.05) is 12.1 Å². The fourth-order valence-electron chi connectivity index (χ4n) is 2.18. The predicted octanol–water partition coefficient (Wildman–Crippen LogP) is 1.16. The van der Waals surface area contributed by atoms with Crippen molar-refractivity contribution in [3.8, 4) is 0 Å². The molecule has 1 aliphatic heterocycles. The van der Waals surface area contributed by atoms with Gasteiger partial charge in [-0.3, -0.25) is 14.9 Å². The van der Waals surface area contributed by atoms with Crippen LogP contribution in [0.5, 0.6) is 0 Å². The fraction of sp³-hybridized carbons (Fsp3) is 0.417. The highest BCUT2D eigenvalue weighted by Gasteiger charge is 2.27. The molecule has 1 aliphatic rings. The van der Waals surface area contributed by atoms with E-state index in [1.807, 2.05) is 0 Å². The molecule has 96 valence electrons. The van der Waals surface area contributed by atoms with Crippen molar-refractivity contribution in [3.63, 3.8) is 0 Å².